The van der Waals surface area contributed by atoms with Gasteiger partial charge in [0.05, 0.1) is 10.5 Å². The number of carbonyl (C=O) groups is 2. The van der Waals surface area contributed by atoms with Crippen molar-refractivity contribution >= 4 is 29.7 Å². The Balaban J connectivity index is 1.48. The Morgan fingerprint density at radius 1 is 1.09 bits per heavy atom. The van der Waals surface area contributed by atoms with Crippen molar-refractivity contribution in [3.05, 3.63) is 75.7 Å². The first-order valence-electron chi connectivity index (χ1n) is 11.4. The Bertz CT molecular complexity index is 1060. The molecule has 1 N–H and O–H groups in total. The highest BCUT2D eigenvalue weighted by molar-refractivity contribution is 8.04. The third-order valence-electron chi connectivity index (χ3n) is 6.28. The third kappa shape index (κ3) is 5.84. The zero-order chi connectivity index (χ0) is 24.3. The van der Waals surface area contributed by atoms with Gasteiger partial charge >= 0.3 is 6.18 Å². The molecule has 1 aliphatic heterocycles. The van der Waals surface area contributed by atoms with Gasteiger partial charge in [0.1, 0.15) is 6.54 Å². The fourth-order valence-corrected chi connectivity index (χ4v) is 5.87. The zero-order valence-corrected chi connectivity index (χ0v) is 19.7. The molecule has 2 amide bonds. The van der Waals surface area contributed by atoms with Crippen LogP contribution < -0.4 is 5.32 Å². The van der Waals surface area contributed by atoms with E-state index in [4.69, 9.17) is 0 Å². The topological polar surface area (TPSA) is 49.4 Å². The van der Waals surface area contributed by atoms with Gasteiger partial charge in [-0.1, -0.05) is 54.8 Å². The molecule has 1 aliphatic carbocycles. The summed E-state index contributed by atoms with van der Waals surface area (Å²) in [5, 5.41) is 3.08. The van der Waals surface area contributed by atoms with Gasteiger partial charge in [-0.25, -0.2) is 0 Å². The van der Waals surface area contributed by atoms with Gasteiger partial charge in [-0.05, 0) is 49.1 Å². The maximum Gasteiger partial charge on any atom is 0.416 e. The van der Waals surface area contributed by atoms with Crippen molar-refractivity contribution in [2.45, 2.75) is 56.6 Å². The molecule has 1 heterocycles. The van der Waals surface area contributed by atoms with Gasteiger partial charge in [0.2, 0.25) is 5.91 Å². The Morgan fingerprint density at radius 3 is 2.44 bits per heavy atom. The summed E-state index contributed by atoms with van der Waals surface area (Å²) in [6, 6.07) is 12.6. The second-order valence-corrected chi connectivity index (χ2v) is 10.1. The molecule has 2 aromatic rings. The maximum atomic E-state index is 13.3. The van der Waals surface area contributed by atoms with Crippen molar-refractivity contribution in [1.82, 2.24) is 10.2 Å². The second-order valence-electron chi connectivity index (χ2n) is 8.83. The van der Waals surface area contributed by atoms with E-state index in [1.165, 1.54) is 23.9 Å². The highest BCUT2D eigenvalue weighted by Gasteiger charge is 2.41. The van der Waals surface area contributed by atoms with Gasteiger partial charge in [0.25, 0.3) is 5.91 Å². The van der Waals surface area contributed by atoms with E-state index < -0.39 is 11.7 Å². The van der Waals surface area contributed by atoms with E-state index in [-0.39, 0.29) is 29.7 Å². The van der Waals surface area contributed by atoms with E-state index >= 15 is 0 Å². The molecule has 2 fully saturated rings. The molecule has 180 valence electrons. The lowest BCUT2D eigenvalue weighted by Gasteiger charge is -2.43. The number of hydrogen-bond donors (Lipinski definition) is 1. The van der Waals surface area contributed by atoms with E-state index in [1.807, 2.05) is 31.2 Å². The Labute approximate surface area is 201 Å². The van der Waals surface area contributed by atoms with Gasteiger partial charge < -0.3 is 10.2 Å². The third-order valence-corrected chi connectivity index (χ3v) is 7.68. The van der Waals surface area contributed by atoms with Crippen LogP contribution in [0.25, 0.3) is 6.08 Å². The van der Waals surface area contributed by atoms with Gasteiger partial charge in [0.15, 0.2) is 0 Å². The maximum absolute atomic E-state index is 13.3. The molecule has 1 saturated carbocycles. The van der Waals surface area contributed by atoms with Gasteiger partial charge in [-0.2, -0.15) is 13.2 Å². The molecule has 0 spiro atoms. The number of rotatable bonds is 5. The van der Waals surface area contributed by atoms with Crippen molar-refractivity contribution in [3.63, 3.8) is 0 Å². The molecule has 2 unspecified atom stereocenters. The van der Waals surface area contributed by atoms with E-state index in [9.17, 15) is 22.8 Å². The van der Waals surface area contributed by atoms with Crippen LogP contribution in [-0.2, 0) is 22.3 Å². The van der Waals surface area contributed by atoms with Crippen molar-refractivity contribution in [2.24, 2.45) is 0 Å². The lowest BCUT2D eigenvalue weighted by Crippen LogP contribution is -2.54. The fourth-order valence-electron chi connectivity index (χ4n) is 4.40. The molecule has 0 radical (unpaired) electrons. The first-order valence-corrected chi connectivity index (χ1v) is 12.3. The van der Waals surface area contributed by atoms with Crippen LogP contribution in [0.15, 0.2) is 53.4 Å². The van der Waals surface area contributed by atoms with Crippen molar-refractivity contribution in [1.29, 1.82) is 0 Å². The minimum absolute atomic E-state index is 0.0128. The average molecular weight is 489 g/mol. The number of nitrogens with zero attached hydrogens (tertiary/aromatic N) is 1. The summed E-state index contributed by atoms with van der Waals surface area (Å²) in [7, 11) is 0. The summed E-state index contributed by atoms with van der Waals surface area (Å²) < 4.78 is 38.6. The molecule has 1 saturated heterocycles. The lowest BCUT2D eigenvalue weighted by molar-refractivity contribution is -0.137. The molecule has 4 rings (SSSR count). The second kappa shape index (κ2) is 10.3. The van der Waals surface area contributed by atoms with E-state index in [0.717, 1.165) is 48.9 Å². The van der Waals surface area contributed by atoms with Gasteiger partial charge in [0, 0.05) is 17.8 Å². The van der Waals surface area contributed by atoms with Crippen molar-refractivity contribution in [3.8, 4) is 0 Å². The monoisotopic (exact) mass is 488 g/mol. The molecule has 2 aromatic carbocycles. The first-order chi connectivity index (χ1) is 16.2. The summed E-state index contributed by atoms with van der Waals surface area (Å²) >= 11 is 1.49. The van der Waals surface area contributed by atoms with Crippen LogP contribution in [0, 0.1) is 6.92 Å². The minimum atomic E-state index is -4.40. The molecule has 8 heteroatoms. The van der Waals surface area contributed by atoms with Crippen LogP contribution in [-0.4, -0.2) is 34.6 Å². The van der Waals surface area contributed by atoms with Crippen LogP contribution in [0.3, 0.4) is 0 Å². The Morgan fingerprint density at radius 2 is 1.76 bits per heavy atom. The van der Waals surface area contributed by atoms with Crippen molar-refractivity contribution in [2.75, 3.05) is 6.54 Å². The van der Waals surface area contributed by atoms with E-state index in [0.29, 0.717) is 17.0 Å². The molecule has 2 atom stereocenters. The number of halogens is 3. The van der Waals surface area contributed by atoms with Crippen LogP contribution in [0.2, 0.25) is 0 Å². The summed E-state index contributed by atoms with van der Waals surface area (Å²) in [5.74, 6) is -0.461. The fraction of sp³-hybridized carbons (Fsp3) is 0.385. The summed E-state index contributed by atoms with van der Waals surface area (Å²) in [5.41, 5.74) is 1.93. The lowest BCUT2D eigenvalue weighted by atomic mass is 9.93. The Hall–Kier alpha value is -2.74. The number of thioether (sulfide) groups is 1. The summed E-state index contributed by atoms with van der Waals surface area (Å²) in [6.07, 6.45) is 1.09. The molecular formula is C26H27F3N2O2S. The molecule has 34 heavy (non-hydrogen) atoms. The van der Waals surface area contributed by atoms with Crippen LogP contribution in [0.5, 0.6) is 0 Å². The summed E-state index contributed by atoms with van der Waals surface area (Å²) in [4.78, 5) is 28.2. The number of benzene rings is 2. The number of hydrogen-bond acceptors (Lipinski definition) is 3. The number of fused-ring (bicyclic) bond motifs is 1. The SMILES string of the molecule is Cc1ccc(CNC(=O)CN2C(=O)/C(=C\c3ccc(C(F)(F)F)cc3)SC3CCCCC32)cc1. The summed E-state index contributed by atoms with van der Waals surface area (Å²) in [6.45, 7) is 2.35. The smallest absolute Gasteiger partial charge is 0.350 e. The molecule has 0 bridgehead atoms. The van der Waals surface area contributed by atoms with Crippen molar-refractivity contribution < 1.29 is 22.8 Å². The standard InChI is InChI=1S/C26H27F3N2O2S/c1-17-6-8-19(9-7-17)15-30-24(32)16-31-21-4-2-3-5-22(21)34-23(25(31)33)14-18-10-12-20(13-11-18)26(27,28)29/h6-14,21-22H,2-5,15-16H2,1H3,(H,30,32)/b23-14+. The predicted molar refractivity (Wildman–Crippen MR) is 128 cm³/mol. The quantitative estimate of drug-likeness (QED) is 0.561. The van der Waals surface area contributed by atoms with Gasteiger partial charge in [-0.3, -0.25) is 9.59 Å². The first kappa shape index (κ1) is 24.4. The van der Waals surface area contributed by atoms with Crippen LogP contribution in [0.4, 0.5) is 13.2 Å². The number of amides is 2. The molecule has 4 nitrogen and oxygen atoms in total. The largest absolute Gasteiger partial charge is 0.416 e. The van der Waals surface area contributed by atoms with E-state index in [1.54, 1.807) is 11.0 Å². The van der Waals surface area contributed by atoms with Gasteiger partial charge in [-0.15, -0.1) is 11.8 Å². The zero-order valence-electron chi connectivity index (χ0n) is 18.9. The molecule has 0 aromatic heterocycles. The normalized spacial score (nSPS) is 21.9. The predicted octanol–water partition coefficient (Wildman–Crippen LogP) is 5.56. The van der Waals surface area contributed by atoms with Crippen LogP contribution in [0.1, 0.15) is 47.9 Å². The highest BCUT2D eigenvalue weighted by Crippen LogP contribution is 2.42. The highest BCUT2D eigenvalue weighted by atomic mass is 32.2. The van der Waals surface area contributed by atoms with E-state index in [2.05, 4.69) is 5.32 Å². The minimum Gasteiger partial charge on any atom is -0.350 e. The molecular weight excluding hydrogens is 461 g/mol. The average Bonchev–Trinajstić information content (AvgIpc) is 2.81. The number of alkyl halides is 3. The number of nitrogens with one attached hydrogen (secondary N) is 1. The number of carbonyl (C=O) groups excluding carboxylic acids is 2. The van der Waals surface area contributed by atoms with Crippen LogP contribution >= 0.6 is 11.8 Å². The Kier molecular flexibility index (Phi) is 7.36. The molecule has 2 aliphatic rings. The number of aryl methyl sites for hydroxylation is 1.